The van der Waals surface area contributed by atoms with E-state index in [1.165, 1.54) is 6.92 Å². The molecule has 2 N–H and O–H groups in total. The van der Waals surface area contributed by atoms with E-state index in [9.17, 15) is 9.59 Å². The maximum Gasteiger partial charge on any atom is 0.375 e. The predicted octanol–water partition coefficient (Wildman–Crippen LogP) is 1.78. The fraction of sp³-hybridized carbons (Fsp3) is 0.286. The number of aryl methyl sites for hydroxylation is 1. The van der Waals surface area contributed by atoms with Crippen molar-refractivity contribution in [3.05, 3.63) is 29.5 Å². The molecule has 0 radical (unpaired) electrons. The van der Waals surface area contributed by atoms with Crippen LogP contribution in [0.1, 0.15) is 23.0 Å². The summed E-state index contributed by atoms with van der Waals surface area (Å²) >= 11 is 0. The molecule has 6 nitrogen and oxygen atoms in total. The summed E-state index contributed by atoms with van der Waals surface area (Å²) in [6.45, 7) is 3.14. The third-order valence-corrected chi connectivity index (χ3v) is 3.01. The number of rotatable bonds is 4. The number of amides is 1. The zero-order chi connectivity index (χ0) is 14.9. The average molecular weight is 277 g/mol. The van der Waals surface area contributed by atoms with Crippen LogP contribution in [0.4, 0.5) is 0 Å². The standard InChI is InChI=1S/C14H15NO5/c1-7-10-6-9(18-3)4-5-11(10)20-12(7)14(17)19-8(2)13(15)16/h4-6,8H,1-3H3,(H2,15,16). The summed E-state index contributed by atoms with van der Waals surface area (Å²) in [6.07, 6.45) is -1.01. The summed E-state index contributed by atoms with van der Waals surface area (Å²) in [5, 5.41) is 0.753. The van der Waals surface area contributed by atoms with E-state index in [0.717, 1.165) is 5.39 Å². The number of fused-ring (bicyclic) bond motifs is 1. The number of carbonyl (C=O) groups is 2. The van der Waals surface area contributed by atoms with Crippen molar-refractivity contribution in [3.8, 4) is 5.75 Å². The molecule has 0 saturated carbocycles. The number of primary amides is 1. The van der Waals surface area contributed by atoms with Crippen LogP contribution in [-0.2, 0) is 9.53 Å². The van der Waals surface area contributed by atoms with E-state index in [1.54, 1.807) is 32.2 Å². The van der Waals surface area contributed by atoms with Gasteiger partial charge in [0.2, 0.25) is 5.76 Å². The second kappa shape index (κ2) is 5.24. The van der Waals surface area contributed by atoms with Gasteiger partial charge in [0.1, 0.15) is 11.3 Å². The van der Waals surface area contributed by atoms with Gasteiger partial charge in [0, 0.05) is 10.9 Å². The van der Waals surface area contributed by atoms with Crippen LogP contribution >= 0.6 is 0 Å². The third kappa shape index (κ3) is 2.45. The first-order valence-electron chi connectivity index (χ1n) is 6.01. The Kier molecular flexibility index (Phi) is 3.65. The molecule has 0 aliphatic rings. The fourth-order valence-electron chi connectivity index (χ4n) is 1.79. The highest BCUT2D eigenvalue weighted by Crippen LogP contribution is 2.29. The quantitative estimate of drug-likeness (QED) is 0.860. The first-order valence-corrected chi connectivity index (χ1v) is 6.01. The van der Waals surface area contributed by atoms with Gasteiger partial charge in [-0.25, -0.2) is 4.79 Å². The van der Waals surface area contributed by atoms with Crippen LogP contribution in [0.3, 0.4) is 0 Å². The van der Waals surface area contributed by atoms with Gasteiger partial charge in [0.05, 0.1) is 7.11 Å². The maximum absolute atomic E-state index is 11.9. The second-order valence-electron chi connectivity index (χ2n) is 4.37. The summed E-state index contributed by atoms with van der Waals surface area (Å²) in [5.41, 5.74) is 6.22. The molecule has 106 valence electrons. The zero-order valence-corrected chi connectivity index (χ0v) is 11.4. The number of esters is 1. The van der Waals surface area contributed by atoms with E-state index < -0.39 is 18.0 Å². The molecule has 0 bridgehead atoms. The van der Waals surface area contributed by atoms with Crippen LogP contribution in [0, 0.1) is 6.92 Å². The Bertz CT molecular complexity index is 673. The summed E-state index contributed by atoms with van der Waals surface area (Å²) in [4.78, 5) is 22.9. The Morgan fingerprint density at radius 1 is 1.35 bits per heavy atom. The molecule has 1 unspecified atom stereocenters. The number of furan rings is 1. The molecule has 20 heavy (non-hydrogen) atoms. The highest BCUT2D eigenvalue weighted by molar-refractivity contribution is 5.97. The van der Waals surface area contributed by atoms with E-state index in [1.807, 2.05) is 0 Å². The lowest BCUT2D eigenvalue weighted by Crippen LogP contribution is -2.30. The highest BCUT2D eigenvalue weighted by Gasteiger charge is 2.23. The molecule has 2 aromatic rings. The number of hydrogen-bond donors (Lipinski definition) is 1. The number of hydrogen-bond acceptors (Lipinski definition) is 5. The SMILES string of the molecule is COc1ccc2oc(C(=O)OC(C)C(N)=O)c(C)c2c1. The average Bonchev–Trinajstić information content (AvgIpc) is 2.75. The van der Waals surface area contributed by atoms with Gasteiger partial charge in [0.15, 0.2) is 6.10 Å². The second-order valence-corrected chi connectivity index (χ2v) is 4.37. The van der Waals surface area contributed by atoms with Gasteiger partial charge in [0.25, 0.3) is 5.91 Å². The number of ether oxygens (including phenoxy) is 2. The highest BCUT2D eigenvalue weighted by atomic mass is 16.6. The molecule has 6 heteroatoms. The van der Waals surface area contributed by atoms with Crippen molar-refractivity contribution < 1.29 is 23.5 Å². The van der Waals surface area contributed by atoms with Crippen LogP contribution in [0.25, 0.3) is 11.0 Å². The van der Waals surface area contributed by atoms with E-state index in [2.05, 4.69) is 0 Å². The van der Waals surface area contributed by atoms with Crippen molar-refractivity contribution in [1.29, 1.82) is 0 Å². The molecule has 1 atom stereocenters. The molecule has 1 aromatic carbocycles. The van der Waals surface area contributed by atoms with E-state index in [0.29, 0.717) is 16.9 Å². The first-order chi connectivity index (χ1) is 9.43. The smallest absolute Gasteiger partial charge is 0.375 e. The Balaban J connectivity index is 2.37. The van der Waals surface area contributed by atoms with E-state index >= 15 is 0 Å². The Morgan fingerprint density at radius 2 is 2.05 bits per heavy atom. The molecule has 1 heterocycles. The summed E-state index contributed by atoms with van der Waals surface area (Å²) in [7, 11) is 1.56. The fourth-order valence-corrected chi connectivity index (χ4v) is 1.79. The Morgan fingerprint density at radius 3 is 2.65 bits per heavy atom. The Labute approximate surface area is 115 Å². The molecule has 0 aliphatic heterocycles. The third-order valence-electron chi connectivity index (χ3n) is 3.01. The van der Waals surface area contributed by atoms with Crippen molar-refractivity contribution in [2.75, 3.05) is 7.11 Å². The summed E-state index contributed by atoms with van der Waals surface area (Å²) in [6, 6.07) is 5.20. The van der Waals surface area contributed by atoms with Crippen LogP contribution in [0.15, 0.2) is 22.6 Å². The van der Waals surface area contributed by atoms with Crippen molar-refractivity contribution >= 4 is 22.8 Å². The van der Waals surface area contributed by atoms with Crippen molar-refractivity contribution in [2.24, 2.45) is 5.73 Å². The molecule has 0 aliphatic carbocycles. The maximum atomic E-state index is 11.9. The lowest BCUT2D eigenvalue weighted by molar-refractivity contribution is -0.125. The number of nitrogens with two attached hydrogens (primary N) is 1. The monoisotopic (exact) mass is 277 g/mol. The molecule has 1 aromatic heterocycles. The predicted molar refractivity (Wildman–Crippen MR) is 71.6 cm³/mol. The molecule has 1 amide bonds. The minimum Gasteiger partial charge on any atom is -0.497 e. The van der Waals surface area contributed by atoms with E-state index in [4.69, 9.17) is 19.6 Å². The topological polar surface area (TPSA) is 91.8 Å². The van der Waals surface area contributed by atoms with Gasteiger partial charge in [-0.05, 0) is 32.0 Å². The van der Waals surface area contributed by atoms with Crippen molar-refractivity contribution in [1.82, 2.24) is 0 Å². The first kappa shape index (κ1) is 13.9. The van der Waals surface area contributed by atoms with Crippen LogP contribution < -0.4 is 10.5 Å². The molecule has 0 fully saturated rings. The van der Waals surface area contributed by atoms with Gasteiger partial charge >= 0.3 is 5.97 Å². The van der Waals surface area contributed by atoms with E-state index in [-0.39, 0.29) is 5.76 Å². The summed E-state index contributed by atoms with van der Waals surface area (Å²) in [5.74, 6) is -0.717. The molecule has 2 rings (SSSR count). The molecule has 0 saturated heterocycles. The van der Waals surface area contributed by atoms with Crippen molar-refractivity contribution in [2.45, 2.75) is 20.0 Å². The Hall–Kier alpha value is -2.50. The minimum atomic E-state index is -1.01. The number of carbonyl (C=O) groups excluding carboxylic acids is 2. The van der Waals surface area contributed by atoms with Crippen molar-refractivity contribution in [3.63, 3.8) is 0 Å². The zero-order valence-electron chi connectivity index (χ0n) is 11.4. The molecular weight excluding hydrogens is 262 g/mol. The van der Waals surface area contributed by atoms with Gasteiger partial charge in [-0.3, -0.25) is 4.79 Å². The van der Waals surface area contributed by atoms with Gasteiger partial charge in [-0.2, -0.15) is 0 Å². The molecule has 0 spiro atoms. The number of methoxy groups -OCH3 is 1. The molecular formula is C14H15NO5. The van der Waals surface area contributed by atoms with Crippen LogP contribution in [-0.4, -0.2) is 25.1 Å². The van der Waals surface area contributed by atoms with Gasteiger partial charge < -0.3 is 19.6 Å². The van der Waals surface area contributed by atoms with Crippen LogP contribution in [0.2, 0.25) is 0 Å². The van der Waals surface area contributed by atoms with Gasteiger partial charge in [-0.15, -0.1) is 0 Å². The lowest BCUT2D eigenvalue weighted by atomic mass is 10.1. The largest absolute Gasteiger partial charge is 0.497 e. The van der Waals surface area contributed by atoms with Gasteiger partial charge in [-0.1, -0.05) is 0 Å². The normalized spacial score (nSPS) is 12.2. The van der Waals surface area contributed by atoms with Crippen LogP contribution in [0.5, 0.6) is 5.75 Å². The number of benzene rings is 1. The minimum absolute atomic E-state index is 0.0568. The summed E-state index contributed by atoms with van der Waals surface area (Å²) < 4.78 is 15.5. The lowest BCUT2D eigenvalue weighted by Gasteiger charge is -2.07.